The van der Waals surface area contributed by atoms with Gasteiger partial charge in [-0.15, -0.1) is 11.3 Å². The number of aryl methyl sites for hydroxylation is 1. The predicted molar refractivity (Wildman–Crippen MR) is 84.3 cm³/mol. The Hall–Kier alpha value is -1.69. The van der Waals surface area contributed by atoms with Gasteiger partial charge in [0.15, 0.2) is 0 Å². The molecule has 0 spiro atoms. The number of rotatable bonds is 6. The molecule has 0 amide bonds. The lowest BCUT2D eigenvalue weighted by atomic mass is 10.1. The molecule has 0 bridgehead atoms. The van der Waals surface area contributed by atoms with Crippen LogP contribution in [-0.2, 0) is 24.3 Å². The van der Waals surface area contributed by atoms with E-state index >= 15 is 0 Å². The zero-order chi connectivity index (χ0) is 14.7. The van der Waals surface area contributed by atoms with Gasteiger partial charge in [0.05, 0.1) is 31.0 Å². The molecule has 0 aliphatic rings. The largest absolute Gasteiger partial charge is 0.459 e. The molecule has 0 aliphatic carbocycles. The normalized spacial score (nSPS) is 11.3. The summed E-state index contributed by atoms with van der Waals surface area (Å²) in [6, 6.07) is 7.97. The van der Waals surface area contributed by atoms with E-state index in [1.807, 2.05) is 36.7 Å². The van der Waals surface area contributed by atoms with Gasteiger partial charge in [-0.2, -0.15) is 0 Å². The van der Waals surface area contributed by atoms with Gasteiger partial charge in [-0.1, -0.05) is 18.2 Å². The van der Waals surface area contributed by atoms with E-state index in [9.17, 15) is 0 Å². The summed E-state index contributed by atoms with van der Waals surface area (Å²) >= 11 is 1.68. The fourth-order valence-electron chi connectivity index (χ4n) is 2.38. The first kappa shape index (κ1) is 14.3. The van der Waals surface area contributed by atoms with Crippen molar-refractivity contribution in [1.29, 1.82) is 0 Å². The zero-order valence-corrected chi connectivity index (χ0v) is 12.8. The molecule has 21 heavy (non-hydrogen) atoms. The first-order valence-electron chi connectivity index (χ1n) is 6.95. The van der Waals surface area contributed by atoms with Crippen molar-refractivity contribution in [1.82, 2.24) is 4.98 Å². The number of hydrogen-bond donors (Lipinski definition) is 1. The van der Waals surface area contributed by atoms with Crippen LogP contribution in [0.1, 0.15) is 21.9 Å². The molecule has 3 aromatic rings. The minimum Gasteiger partial charge on any atom is -0.459 e. The molecule has 2 heterocycles. The Balaban J connectivity index is 1.66. The average molecular weight is 302 g/mol. The number of aromatic nitrogens is 1. The molecule has 3 rings (SSSR count). The van der Waals surface area contributed by atoms with Gasteiger partial charge in [0.25, 0.3) is 0 Å². The fraction of sp³-hybridized carbons (Fsp3) is 0.312. The molecule has 5 heteroatoms. The molecular formula is C16H18N2O2S. The third kappa shape index (κ3) is 3.00. The zero-order valence-electron chi connectivity index (χ0n) is 12.0. The highest BCUT2D eigenvalue weighted by Gasteiger charge is 2.12. The summed E-state index contributed by atoms with van der Waals surface area (Å²) < 4.78 is 11.6. The molecule has 110 valence electrons. The number of ether oxygens (including phenoxy) is 1. The van der Waals surface area contributed by atoms with Crippen LogP contribution in [0.25, 0.3) is 11.0 Å². The number of benzene rings is 1. The van der Waals surface area contributed by atoms with Crippen LogP contribution < -0.4 is 5.73 Å². The minimum absolute atomic E-state index is 0.390. The Morgan fingerprint density at radius 2 is 2.19 bits per heavy atom. The van der Waals surface area contributed by atoms with Gasteiger partial charge >= 0.3 is 0 Å². The topological polar surface area (TPSA) is 61.3 Å². The number of nitrogens with two attached hydrogens (primary N) is 1. The van der Waals surface area contributed by atoms with Gasteiger partial charge in [0.2, 0.25) is 0 Å². The maximum Gasteiger partial charge on any atom is 0.134 e. The first-order chi connectivity index (χ1) is 10.3. The molecule has 0 fully saturated rings. The Morgan fingerprint density at radius 3 is 2.95 bits per heavy atom. The molecule has 0 atom stereocenters. The standard InChI is InChI=1S/C16H18N2O2S/c1-11-16(21-10-18-11)6-7-19-9-13-12-4-2-3-5-14(12)20-15(13)8-17/h2-5,10H,6-9,17H2,1H3. The van der Waals surface area contributed by atoms with Crippen LogP contribution in [0.4, 0.5) is 0 Å². The van der Waals surface area contributed by atoms with E-state index in [0.29, 0.717) is 19.8 Å². The average Bonchev–Trinajstić information content (AvgIpc) is 3.07. The Morgan fingerprint density at radius 1 is 1.33 bits per heavy atom. The molecule has 1 aromatic carbocycles. The van der Waals surface area contributed by atoms with E-state index in [-0.39, 0.29) is 0 Å². The summed E-state index contributed by atoms with van der Waals surface area (Å²) in [5, 5.41) is 1.09. The maximum atomic E-state index is 5.82. The number of furan rings is 1. The van der Waals surface area contributed by atoms with Crippen LogP contribution in [0.5, 0.6) is 0 Å². The molecule has 0 unspecified atom stereocenters. The fourth-order valence-corrected chi connectivity index (χ4v) is 3.14. The summed E-state index contributed by atoms with van der Waals surface area (Å²) in [6.45, 7) is 3.62. The van der Waals surface area contributed by atoms with Crippen LogP contribution in [0.3, 0.4) is 0 Å². The van der Waals surface area contributed by atoms with Crippen LogP contribution in [-0.4, -0.2) is 11.6 Å². The molecule has 0 radical (unpaired) electrons. The highest BCUT2D eigenvalue weighted by atomic mass is 32.1. The van der Waals surface area contributed by atoms with E-state index in [1.165, 1.54) is 4.88 Å². The highest BCUT2D eigenvalue weighted by molar-refractivity contribution is 7.09. The van der Waals surface area contributed by atoms with Crippen LogP contribution in [0.15, 0.2) is 34.2 Å². The van der Waals surface area contributed by atoms with Crippen molar-refractivity contribution in [3.63, 3.8) is 0 Å². The van der Waals surface area contributed by atoms with Crippen molar-refractivity contribution < 1.29 is 9.15 Å². The number of hydrogen-bond acceptors (Lipinski definition) is 5. The smallest absolute Gasteiger partial charge is 0.134 e. The SMILES string of the molecule is Cc1ncsc1CCOCc1c(CN)oc2ccccc12. The lowest BCUT2D eigenvalue weighted by molar-refractivity contribution is 0.123. The number of fused-ring (bicyclic) bond motifs is 1. The van der Waals surface area contributed by atoms with Gasteiger partial charge in [-0.3, -0.25) is 0 Å². The second-order valence-electron chi connectivity index (χ2n) is 4.87. The third-order valence-corrected chi connectivity index (χ3v) is 4.53. The minimum atomic E-state index is 0.390. The Labute approximate surface area is 127 Å². The number of para-hydroxylation sites is 1. The van der Waals surface area contributed by atoms with E-state index in [0.717, 1.165) is 34.4 Å². The van der Waals surface area contributed by atoms with Gasteiger partial charge < -0.3 is 14.9 Å². The van der Waals surface area contributed by atoms with Crippen molar-refractivity contribution in [2.45, 2.75) is 26.5 Å². The third-order valence-electron chi connectivity index (χ3n) is 3.53. The summed E-state index contributed by atoms with van der Waals surface area (Å²) in [7, 11) is 0. The first-order valence-corrected chi connectivity index (χ1v) is 7.83. The van der Waals surface area contributed by atoms with Gasteiger partial charge in [-0.05, 0) is 13.0 Å². The van der Waals surface area contributed by atoms with Crippen molar-refractivity contribution in [2.24, 2.45) is 5.73 Å². The van der Waals surface area contributed by atoms with E-state index in [4.69, 9.17) is 14.9 Å². The maximum absolute atomic E-state index is 5.82. The van der Waals surface area contributed by atoms with Crippen molar-refractivity contribution in [3.8, 4) is 0 Å². The Bertz CT molecular complexity index is 733. The van der Waals surface area contributed by atoms with Crippen molar-refractivity contribution >= 4 is 22.3 Å². The number of nitrogens with zero attached hydrogens (tertiary/aromatic N) is 1. The second kappa shape index (κ2) is 6.39. The van der Waals surface area contributed by atoms with Crippen molar-refractivity contribution in [3.05, 3.63) is 51.7 Å². The van der Waals surface area contributed by atoms with E-state index < -0.39 is 0 Å². The molecule has 4 nitrogen and oxygen atoms in total. The quantitative estimate of drug-likeness (QED) is 0.709. The molecule has 2 N–H and O–H groups in total. The van der Waals surface area contributed by atoms with Crippen LogP contribution in [0.2, 0.25) is 0 Å². The molecule has 2 aromatic heterocycles. The number of thiazole rings is 1. The summed E-state index contributed by atoms with van der Waals surface area (Å²) in [6.07, 6.45) is 0.893. The Kier molecular flexibility index (Phi) is 4.34. The lowest BCUT2D eigenvalue weighted by Gasteiger charge is -2.04. The van der Waals surface area contributed by atoms with E-state index in [1.54, 1.807) is 11.3 Å². The summed E-state index contributed by atoms with van der Waals surface area (Å²) in [4.78, 5) is 5.53. The van der Waals surface area contributed by atoms with Gasteiger partial charge in [0, 0.05) is 22.2 Å². The van der Waals surface area contributed by atoms with Gasteiger partial charge in [-0.25, -0.2) is 4.98 Å². The lowest BCUT2D eigenvalue weighted by Crippen LogP contribution is -2.03. The molecule has 0 saturated carbocycles. The van der Waals surface area contributed by atoms with Crippen LogP contribution >= 0.6 is 11.3 Å². The predicted octanol–water partition coefficient (Wildman–Crippen LogP) is 3.42. The van der Waals surface area contributed by atoms with Crippen LogP contribution in [0, 0.1) is 6.92 Å². The van der Waals surface area contributed by atoms with E-state index in [2.05, 4.69) is 4.98 Å². The monoisotopic (exact) mass is 302 g/mol. The molecule has 0 aliphatic heterocycles. The summed E-state index contributed by atoms with van der Waals surface area (Å²) in [5.41, 5.74) is 10.7. The molecular weight excluding hydrogens is 284 g/mol. The highest BCUT2D eigenvalue weighted by Crippen LogP contribution is 2.26. The second-order valence-corrected chi connectivity index (χ2v) is 5.81. The summed E-state index contributed by atoms with van der Waals surface area (Å²) in [5.74, 6) is 0.810. The van der Waals surface area contributed by atoms with Crippen molar-refractivity contribution in [2.75, 3.05) is 6.61 Å². The molecule has 0 saturated heterocycles. The van der Waals surface area contributed by atoms with Gasteiger partial charge in [0.1, 0.15) is 11.3 Å².